The molecule has 0 aliphatic rings. The van der Waals surface area contributed by atoms with Crippen molar-refractivity contribution in [2.24, 2.45) is 0 Å². The molecule has 0 aliphatic heterocycles. The predicted octanol–water partition coefficient (Wildman–Crippen LogP) is 5.56. The third kappa shape index (κ3) is 6.01. The highest BCUT2D eigenvalue weighted by Gasteiger charge is 2.24. The summed E-state index contributed by atoms with van der Waals surface area (Å²) in [6.07, 6.45) is 0.134. The summed E-state index contributed by atoms with van der Waals surface area (Å²) < 4.78 is 23.2. The molecule has 0 saturated carbocycles. The van der Waals surface area contributed by atoms with Crippen LogP contribution < -0.4 is 5.32 Å². The monoisotopic (exact) mass is 423 g/mol. The van der Waals surface area contributed by atoms with Crippen molar-refractivity contribution in [3.8, 4) is 0 Å². The minimum absolute atomic E-state index is 0.105. The molecular weight excluding hydrogens is 401 g/mol. The molecule has 0 saturated heterocycles. The van der Waals surface area contributed by atoms with E-state index < -0.39 is 7.60 Å². The maximum atomic E-state index is 12.6. The molecule has 1 N–H and O–H groups in total. The molecular formula is C20H23ClNO5P. The summed E-state index contributed by atoms with van der Waals surface area (Å²) in [5.41, 5.74) is 2.04. The molecule has 2 rings (SSSR count). The van der Waals surface area contributed by atoms with Crippen molar-refractivity contribution in [1.29, 1.82) is 0 Å². The molecule has 0 unspecified atom stereocenters. The van der Waals surface area contributed by atoms with Crippen molar-refractivity contribution in [2.75, 3.05) is 18.5 Å². The van der Waals surface area contributed by atoms with E-state index >= 15 is 0 Å². The molecule has 1 amide bonds. The van der Waals surface area contributed by atoms with Gasteiger partial charge in [-0.15, -0.1) is 0 Å². The molecule has 2 aromatic rings. The average Bonchev–Trinajstić information content (AvgIpc) is 2.64. The van der Waals surface area contributed by atoms with Crippen LogP contribution in [0, 0.1) is 0 Å². The molecule has 0 atom stereocenters. The molecule has 8 heteroatoms. The lowest BCUT2D eigenvalue weighted by molar-refractivity contribution is 0.101. The van der Waals surface area contributed by atoms with E-state index in [1.165, 1.54) is 13.0 Å². The SMILES string of the molecule is CCOP(=O)(Cc1ccc(C(=O)Nc2ccc(C(C)=O)cc2Cl)cc1)OCC. The number of ketones is 1. The van der Waals surface area contributed by atoms with Crippen molar-refractivity contribution >= 4 is 36.6 Å². The Labute approximate surface area is 169 Å². The van der Waals surface area contributed by atoms with E-state index in [-0.39, 0.29) is 22.9 Å². The van der Waals surface area contributed by atoms with E-state index in [0.29, 0.717) is 30.0 Å². The molecule has 2 aromatic carbocycles. The summed E-state index contributed by atoms with van der Waals surface area (Å²) >= 11 is 6.14. The minimum atomic E-state index is -3.20. The summed E-state index contributed by atoms with van der Waals surface area (Å²) in [4.78, 5) is 23.8. The third-order valence-corrected chi connectivity index (χ3v) is 6.24. The standard InChI is InChI=1S/C20H23ClNO5P/c1-4-26-28(25,27-5-2)13-15-6-8-16(9-7-15)20(24)22-19-11-10-17(14(3)23)12-18(19)21/h6-12H,4-5,13H2,1-3H3,(H,22,24). The predicted molar refractivity (Wildman–Crippen MR) is 110 cm³/mol. The Morgan fingerprint density at radius 2 is 1.57 bits per heavy atom. The summed E-state index contributed by atoms with van der Waals surface area (Å²) in [5, 5.41) is 3.00. The van der Waals surface area contributed by atoms with E-state index in [2.05, 4.69) is 5.32 Å². The fourth-order valence-electron chi connectivity index (χ4n) is 2.54. The van der Waals surface area contributed by atoms with Gasteiger partial charge in [-0.25, -0.2) is 0 Å². The number of Topliss-reactive ketones (excluding diaryl/α,β-unsaturated/α-hetero) is 1. The van der Waals surface area contributed by atoms with Crippen LogP contribution in [0.2, 0.25) is 5.02 Å². The first kappa shape index (κ1) is 22.3. The number of anilines is 1. The second-order valence-electron chi connectivity index (χ2n) is 6.01. The molecule has 28 heavy (non-hydrogen) atoms. The zero-order valence-electron chi connectivity index (χ0n) is 16.0. The van der Waals surface area contributed by atoms with Crippen molar-refractivity contribution in [3.63, 3.8) is 0 Å². The van der Waals surface area contributed by atoms with Gasteiger partial charge in [0.1, 0.15) is 0 Å². The Kier molecular flexibility index (Phi) is 7.96. The van der Waals surface area contributed by atoms with Crippen LogP contribution in [0.5, 0.6) is 0 Å². The Bertz CT molecular complexity index is 888. The molecule has 0 radical (unpaired) electrons. The van der Waals surface area contributed by atoms with Gasteiger partial charge in [0, 0.05) is 11.1 Å². The van der Waals surface area contributed by atoms with Crippen LogP contribution in [0.25, 0.3) is 0 Å². The highest BCUT2D eigenvalue weighted by molar-refractivity contribution is 7.53. The lowest BCUT2D eigenvalue weighted by Gasteiger charge is -2.17. The highest BCUT2D eigenvalue weighted by Crippen LogP contribution is 2.51. The summed E-state index contributed by atoms with van der Waals surface area (Å²) in [6.45, 7) is 5.55. The Morgan fingerprint density at radius 1 is 1.00 bits per heavy atom. The van der Waals surface area contributed by atoms with Crippen LogP contribution in [0.15, 0.2) is 42.5 Å². The number of rotatable bonds is 9. The zero-order chi connectivity index (χ0) is 20.7. The number of halogens is 1. The van der Waals surface area contributed by atoms with Gasteiger partial charge in [0.05, 0.1) is 30.1 Å². The number of amides is 1. The summed E-state index contributed by atoms with van der Waals surface area (Å²) in [7, 11) is -3.20. The lowest BCUT2D eigenvalue weighted by Crippen LogP contribution is -2.12. The number of hydrogen-bond acceptors (Lipinski definition) is 5. The van der Waals surface area contributed by atoms with Gasteiger partial charge in [-0.1, -0.05) is 23.7 Å². The molecule has 6 nitrogen and oxygen atoms in total. The number of hydrogen-bond donors (Lipinski definition) is 1. The first-order valence-corrected chi connectivity index (χ1v) is 11.0. The van der Waals surface area contributed by atoms with Gasteiger partial charge in [-0.05, 0) is 56.7 Å². The van der Waals surface area contributed by atoms with Gasteiger partial charge >= 0.3 is 7.60 Å². The number of carbonyl (C=O) groups excluding carboxylic acids is 2. The quantitative estimate of drug-likeness (QED) is 0.421. The van der Waals surface area contributed by atoms with Gasteiger partial charge < -0.3 is 14.4 Å². The minimum Gasteiger partial charge on any atom is -0.321 e. The zero-order valence-corrected chi connectivity index (χ0v) is 17.7. The highest BCUT2D eigenvalue weighted by atomic mass is 35.5. The second kappa shape index (κ2) is 9.99. The van der Waals surface area contributed by atoms with Crippen LogP contribution >= 0.6 is 19.2 Å². The van der Waals surface area contributed by atoms with E-state index in [0.717, 1.165) is 5.56 Å². The number of carbonyl (C=O) groups is 2. The van der Waals surface area contributed by atoms with Crippen LogP contribution in [0.4, 0.5) is 5.69 Å². The van der Waals surface area contributed by atoms with E-state index in [1.807, 2.05) is 0 Å². The Morgan fingerprint density at radius 3 is 2.07 bits per heavy atom. The first-order valence-electron chi connectivity index (χ1n) is 8.87. The Balaban J connectivity index is 2.09. The molecule has 0 bridgehead atoms. The van der Waals surface area contributed by atoms with Crippen LogP contribution in [0.1, 0.15) is 47.1 Å². The second-order valence-corrected chi connectivity index (χ2v) is 8.47. The molecule has 0 aromatic heterocycles. The van der Waals surface area contributed by atoms with Crippen molar-refractivity contribution in [1.82, 2.24) is 0 Å². The maximum absolute atomic E-state index is 12.6. The van der Waals surface area contributed by atoms with E-state index in [9.17, 15) is 14.2 Å². The van der Waals surface area contributed by atoms with Gasteiger partial charge in [0.2, 0.25) is 0 Å². The molecule has 0 aliphatic carbocycles. The van der Waals surface area contributed by atoms with Gasteiger partial charge in [-0.2, -0.15) is 0 Å². The van der Waals surface area contributed by atoms with Crippen LogP contribution in [-0.4, -0.2) is 24.9 Å². The van der Waals surface area contributed by atoms with Crippen molar-refractivity contribution in [2.45, 2.75) is 26.9 Å². The Hall–Kier alpha value is -1.98. The number of benzene rings is 2. The van der Waals surface area contributed by atoms with Gasteiger partial charge in [0.25, 0.3) is 5.91 Å². The molecule has 0 spiro atoms. The van der Waals surface area contributed by atoms with Gasteiger partial charge in [0.15, 0.2) is 5.78 Å². The summed E-state index contributed by atoms with van der Waals surface area (Å²) in [6, 6.07) is 11.4. The average molecular weight is 424 g/mol. The normalized spacial score (nSPS) is 11.3. The molecule has 150 valence electrons. The van der Waals surface area contributed by atoms with Crippen molar-refractivity contribution in [3.05, 3.63) is 64.2 Å². The third-order valence-electron chi connectivity index (χ3n) is 3.87. The fraction of sp³-hybridized carbons (Fsp3) is 0.300. The number of nitrogens with one attached hydrogen (secondary N) is 1. The lowest BCUT2D eigenvalue weighted by atomic mass is 10.1. The molecule has 0 heterocycles. The fourth-order valence-corrected chi connectivity index (χ4v) is 4.47. The summed E-state index contributed by atoms with van der Waals surface area (Å²) in [5.74, 6) is -0.450. The van der Waals surface area contributed by atoms with Crippen LogP contribution in [0.3, 0.4) is 0 Å². The smallest absolute Gasteiger partial charge is 0.321 e. The molecule has 0 fully saturated rings. The van der Waals surface area contributed by atoms with E-state index in [1.54, 1.807) is 50.2 Å². The maximum Gasteiger partial charge on any atom is 0.335 e. The van der Waals surface area contributed by atoms with Gasteiger partial charge in [-0.3, -0.25) is 14.2 Å². The van der Waals surface area contributed by atoms with Crippen molar-refractivity contribution < 1.29 is 23.2 Å². The van der Waals surface area contributed by atoms with Crippen LogP contribution in [-0.2, 0) is 19.8 Å². The largest absolute Gasteiger partial charge is 0.335 e. The topological polar surface area (TPSA) is 81.7 Å². The van der Waals surface area contributed by atoms with E-state index in [4.69, 9.17) is 20.6 Å². The first-order chi connectivity index (χ1) is 13.3.